The average Bonchev–Trinajstić information content (AvgIpc) is 3.21. The Labute approximate surface area is 230 Å². The molecule has 1 amide bonds. The molecule has 0 aliphatic carbocycles. The molecule has 0 unspecified atom stereocenters. The minimum absolute atomic E-state index is 0.0207. The number of halogens is 1. The second-order valence-electron chi connectivity index (χ2n) is 11.5. The summed E-state index contributed by atoms with van der Waals surface area (Å²) in [6.07, 6.45) is 2.03. The van der Waals surface area contributed by atoms with Gasteiger partial charge < -0.3 is 14.5 Å². The molecule has 0 spiro atoms. The van der Waals surface area contributed by atoms with E-state index in [-0.39, 0.29) is 16.8 Å². The van der Waals surface area contributed by atoms with E-state index in [0.29, 0.717) is 29.4 Å². The number of sulfonamides is 1. The van der Waals surface area contributed by atoms with Crippen molar-refractivity contribution in [3.05, 3.63) is 41.4 Å². The Morgan fingerprint density at radius 2 is 1.68 bits per heavy atom. The molecule has 2 aromatic carbocycles. The molecule has 0 saturated carbocycles. The van der Waals surface area contributed by atoms with Gasteiger partial charge in [0.1, 0.15) is 18.2 Å². The summed E-state index contributed by atoms with van der Waals surface area (Å²) in [7, 11) is -4.20. The van der Waals surface area contributed by atoms with E-state index in [4.69, 9.17) is 16.3 Å². The van der Waals surface area contributed by atoms with Crippen LogP contribution in [0.3, 0.4) is 0 Å². The zero-order valence-electron chi connectivity index (χ0n) is 22.8. The topological polar surface area (TPSA) is 87.2 Å². The molecule has 0 bridgehead atoms. The van der Waals surface area contributed by atoms with Crippen LogP contribution in [-0.2, 0) is 24.3 Å². The molecule has 38 heavy (non-hydrogen) atoms. The molecule has 2 aliphatic rings. The Hall–Kier alpha value is -2.20. The lowest BCUT2D eigenvalue weighted by molar-refractivity contribution is -0.155. The van der Waals surface area contributed by atoms with Gasteiger partial charge in [-0.1, -0.05) is 23.7 Å². The molecule has 2 aliphatic heterocycles. The number of likely N-dealkylation sites (tertiary alicyclic amines) is 2. The summed E-state index contributed by atoms with van der Waals surface area (Å²) in [5.74, 6) is -0.933. The van der Waals surface area contributed by atoms with Gasteiger partial charge in [0.05, 0.1) is 4.90 Å². The monoisotopic (exact) mass is 563 g/mol. The van der Waals surface area contributed by atoms with Crippen molar-refractivity contribution in [1.29, 1.82) is 0 Å². The molecule has 10 heteroatoms. The molecule has 0 radical (unpaired) electrons. The van der Waals surface area contributed by atoms with Crippen molar-refractivity contribution in [3.63, 3.8) is 0 Å². The molecule has 4 rings (SSSR count). The highest BCUT2D eigenvalue weighted by atomic mass is 35.5. The molecule has 2 saturated heterocycles. The maximum atomic E-state index is 14.0. The maximum Gasteiger partial charge on any atom is 0.321 e. The second-order valence-corrected chi connectivity index (χ2v) is 13.8. The van der Waals surface area contributed by atoms with E-state index in [1.807, 2.05) is 4.90 Å². The number of esters is 1. The van der Waals surface area contributed by atoms with E-state index in [2.05, 4.69) is 18.7 Å². The van der Waals surface area contributed by atoms with Crippen molar-refractivity contribution in [2.24, 2.45) is 0 Å². The molecule has 2 fully saturated rings. The van der Waals surface area contributed by atoms with Crippen LogP contribution in [0, 0.1) is 0 Å². The minimum Gasteiger partial charge on any atom is -0.459 e. The number of ether oxygens (including phenoxy) is 1. The van der Waals surface area contributed by atoms with Crippen LogP contribution in [0.5, 0.6) is 0 Å². The van der Waals surface area contributed by atoms with E-state index in [1.54, 1.807) is 51.1 Å². The molecule has 2 aromatic rings. The molecule has 0 aromatic heterocycles. The number of carbonyl (C=O) groups is 2. The number of fused-ring (bicyclic) bond motifs is 1. The van der Waals surface area contributed by atoms with Crippen molar-refractivity contribution in [2.45, 2.75) is 82.5 Å². The summed E-state index contributed by atoms with van der Waals surface area (Å²) in [5, 5.41) is 2.05. The van der Waals surface area contributed by atoms with Crippen molar-refractivity contribution >= 4 is 44.3 Å². The van der Waals surface area contributed by atoms with Crippen molar-refractivity contribution in [3.8, 4) is 0 Å². The van der Waals surface area contributed by atoms with Gasteiger partial charge in [0.2, 0.25) is 15.9 Å². The number of amides is 1. The van der Waals surface area contributed by atoms with Gasteiger partial charge in [-0.05, 0) is 88.9 Å². The predicted octanol–water partition coefficient (Wildman–Crippen LogP) is 4.30. The third-order valence-electron chi connectivity index (χ3n) is 7.31. The normalized spacial score (nSPS) is 20.2. The summed E-state index contributed by atoms with van der Waals surface area (Å²) in [6.45, 7) is 11.2. The lowest BCUT2D eigenvalue weighted by Crippen LogP contribution is -2.51. The number of carbonyl (C=O) groups excluding carboxylic acids is 2. The maximum absolute atomic E-state index is 14.0. The first-order valence-electron chi connectivity index (χ1n) is 13.2. The van der Waals surface area contributed by atoms with Crippen molar-refractivity contribution < 1.29 is 22.7 Å². The van der Waals surface area contributed by atoms with Crippen LogP contribution in [-0.4, -0.2) is 84.3 Å². The van der Waals surface area contributed by atoms with Gasteiger partial charge in [-0.2, -0.15) is 4.31 Å². The van der Waals surface area contributed by atoms with E-state index >= 15 is 0 Å². The van der Waals surface area contributed by atoms with Crippen LogP contribution in [0.1, 0.15) is 53.9 Å². The second kappa shape index (κ2) is 11.1. The first-order valence-corrected chi connectivity index (χ1v) is 15.1. The van der Waals surface area contributed by atoms with Gasteiger partial charge >= 0.3 is 5.97 Å². The zero-order chi connectivity index (χ0) is 27.8. The first kappa shape index (κ1) is 28.8. The smallest absolute Gasteiger partial charge is 0.321 e. The summed E-state index contributed by atoms with van der Waals surface area (Å²) < 4.78 is 34.5. The molecule has 2 heterocycles. The molecular weight excluding hydrogens is 526 g/mol. The number of benzene rings is 2. The largest absolute Gasteiger partial charge is 0.459 e. The first-order chi connectivity index (χ1) is 17.8. The quantitative estimate of drug-likeness (QED) is 0.467. The van der Waals surface area contributed by atoms with Crippen LogP contribution < -0.4 is 0 Å². The van der Waals surface area contributed by atoms with E-state index < -0.39 is 34.2 Å². The highest BCUT2D eigenvalue weighted by molar-refractivity contribution is 7.89. The number of rotatable bonds is 7. The molecule has 208 valence electrons. The fraction of sp³-hybridized carbons (Fsp3) is 0.571. The minimum atomic E-state index is -4.20. The van der Waals surface area contributed by atoms with Crippen LogP contribution in [0.2, 0.25) is 5.02 Å². The van der Waals surface area contributed by atoms with Crippen LogP contribution in [0.15, 0.2) is 41.3 Å². The SMILES string of the molecule is CC(C)N1CCC(N2CC[C@H](N(CC(=O)OC(C)(C)C)S(=O)(=O)c3ccc4cc(Cl)ccc4c3)C2=O)CC1. The van der Waals surface area contributed by atoms with E-state index in [9.17, 15) is 18.0 Å². The van der Waals surface area contributed by atoms with Gasteiger partial charge in [0.25, 0.3) is 0 Å². The summed E-state index contributed by atoms with van der Waals surface area (Å²) >= 11 is 6.09. The van der Waals surface area contributed by atoms with Crippen LogP contribution in [0.25, 0.3) is 10.8 Å². The molecular formula is C28H38ClN3O5S. The van der Waals surface area contributed by atoms with Crippen LogP contribution >= 0.6 is 11.6 Å². The lowest BCUT2D eigenvalue weighted by Gasteiger charge is -2.38. The van der Waals surface area contributed by atoms with E-state index in [1.165, 1.54) is 6.07 Å². The van der Waals surface area contributed by atoms with E-state index in [0.717, 1.165) is 35.6 Å². The fourth-order valence-corrected chi connectivity index (χ4v) is 7.16. The summed E-state index contributed by atoms with van der Waals surface area (Å²) in [6, 6.07) is 9.50. The van der Waals surface area contributed by atoms with Crippen LogP contribution in [0.4, 0.5) is 0 Å². The fourth-order valence-electron chi connectivity index (χ4n) is 5.38. The lowest BCUT2D eigenvalue weighted by atomic mass is 10.0. The molecule has 1 atom stereocenters. The summed E-state index contributed by atoms with van der Waals surface area (Å²) in [4.78, 5) is 30.8. The van der Waals surface area contributed by atoms with Crippen molar-refractivity contribution in [1.82, 2.24) is 14.1 Å². The highest BCUT2D eigenvalue weighted by Crippen LogP contribution is 2.31. The Bertz CT molecular complexity index is 1300. The van der Waals surface area contributed by atoms with Gasteiger partial charge in [0, 0.05) is 36.7 Å². The van der Waals surface area contributed by atoms with Gasteiger partial charge in [0.15, 0.2) is 0 Å². The third-order valence-corrected chi connectivity index (χ3v) is 9.40. The predicted molar refractivity (Wildman–Crippen MR) is 149 cm³/mol. The van der Waals surface area contributed by atoms with Crippen molar-refractivity contribution in [2.75, 3.05) is 26.2 Å². The summed E-state index contributed by atoms with van der Waals surface area (Å²) in [5.41, 5.74) is -0.787. The Kier molecular flexibility index (Phi) is 8.43. The zero-order valence-corrected chi connectivity index (χ0v) is 24.4. The number of hydrogen-bond donors (Lipinski definition) is 0. The Morgan fingerprint density at radius 3 is 2.32 bits per heavy atom. The molecule has 8 nitrogen and oxygen atoms in total. The highest BCUT2D eigenvalue weighted by Gasteiger charge is 2.45. The van der Waals surface area contributed by atoms with Gasteiger partial charge in [-0.15, -0.1) is 0 Å². The molecule has 0 N–H and O–H groups in total. The number of piperidine rings is 1. The Balaban J connectivity index is 1.62. The average molecular weight is 564 g/mol. The number of nitrogens with zero attached hydrogens (tertiary/aromatic N) is 3. The number of hydrogen-bond acceptors (Lipinski definition) is 6. The standard InChI is InChI=1S/C28H38ClN3O5S/c1-19(2)30-13-10-23(11-14-30)31-15-12-25(27(31)34)32(18-26(33)37-28(3,4)5)38(35,36)24-9-7-20-16-22(29)8-6-21(20)17-24/h6-9,16-17,19,23,25H,10-15,18H2,1-5H3/t25-/m0/s1. The Morgan fingerprint density at radius 1 is 1.05 bits per heavy atom. The van der Waals surface area contributed by atoms with Gasteiger partial charge in [-0.3, -0.25) is 9.59 Å². The van der Waals surface area contributed by atoms with Gasteiger partial charge in [-0.25, -0.2) is 8.42 Å². The third kappa shape index (κ3) is 6.33.